The van der Waals surface area contributed by atoms with E-state index in [-0.39, 0.29) is 6.61 Å². The first-order valence-corrected chi connectivity index (χ1v) is 9.63. The van der Waals surface area contributed by atoms with Crippen LogP contribution in [0.15, 0.2) is 54.0 Å². The molecule has 29 heavy (non-hydrogen) atoms. The van der Waals surface area contributed by atoms with Gasteiger partial charge in [-0.05, 0) is 56.4 Å². The van der Waals surface area contributed by atoms with Crippen molar-refractivity contribution in [3.05, 3.63) is 70.7 Å². The molecule has 0 atom stereocenters. The minimum absolute atomic E-state index is 0.197. The molecule has 2 aromatic carbocycles. The number of aliphatic hydroxyl groups excluding tert-OH is 1. The largest absolute Gasteiger partial charge is 0.492 e. The van der Waals surface area contributed by atoms with Crippen molar-refractivity contribution in [1.82, 2.24) is 0 Å². The molecule has 0 amide bonds. The Labute approximate surface area is 172 Å². The molecule has 3 rings (SSSR count). The molecule has 0 unspecified atom stereocenters. The SMILES string of the molecule is CC1(C)OB(C(=Cc2ccc(C#N)c(OCc3ccccc3)c2)CO)OC1(C)C. The summed E-state index contributed by atoms with van der Waals surface area (Å²) < 4.78 is 18.0. The minimum Gasteiger partial charge on any atom is -0.488 e. The van der Waals surface area contributed by atoms with Gasteiger partial charge < -0.3 is 19.2 Å². The van der Waals surface area contributed by atoms with Crippen LogP contribution in [0.1, 0.15) is 44.4 Å². The van der Waals surface area contributed by atoms with Crippen molar-refractivity contribution in [3.63, 3.8) is 0 Å². The number of hydrogen-bond acceptors (Lipinski definition) is 5. The maximum absolute atomic E-state index is 9.90. The van der Waals surface area contributed by atoms with E-state index in [4.69, 9.17) is 14.0 Å². The number of nitriles is 1. The van der Waals surface area contributed by atoms with Crippen molar-refractivity contribution in [2.75, 3.05) is 6.61 Å². The first-order valence-electron chi connectivity index (χ1n) is 9.63. The number of hydrogen-bond donors (Lipinski definition) is 1. The van der Waals surface area contributed by atoms with Crippen LogP contribution in [0.4, 0.5) is 0 Å². The van der Waals surface area contributed by atoms with Gasteiger partial charge in [-0.25, -0.2) is 0 Å². The molecule has 0 spiro atoms. The van der Waals surface area contributed by atoms with Gasteiger partial charge in [0.2, 0.25) is 0 Å². The summed E-state index contributed by atoms with van der Waals surface area (Å²) in [5.41, 5.74) is 1.92. The second-order valence-electron chi connectivity index (χ2n) is 8.11. The van der Waals surface area contributed by atoms with Crippen LogP contribution in [0.5, 0.6) is 5.75 Å². The van der Waals surface area contributed by atoms with Crippen LogP contribution in [0.3, 0.4) is 0 Å². The summed E-state index contributed by atoms with van der Waals surface area (Å²) >= 11 is 0. The summed E-state index contributed by atoms with van der Waals surface area (Å²) in [5, 5.41) is 19.3. The molecule has 1 aliphatic heterocycles. The summed E-state index contributed by atoms with van der Waals surface area (Å²) in [5.74, 6) is 0.497. The molecule has 0 bridgehead atoms. The highest BCUT2D eigenvalue weighted by molar-refractivity contribution is 6.55. The zero-order valence-corrected chi connectivity index (χ0v) is 17.3. The lowest BCUT2D eigenvalue weighted by Gasteiger charge is -2.32. The standard InChI is InChI=1S/C23H26BNO4/c1-22(2)23(3,4)29-24(28-22)20(15-26)12-18-10-11-19(14-25)21(13-18)27-16-17-8-6-5-7-9-17/h5-13,26H,15-16H2,1-4H3. The van der Waals surface area contributed by atoms with E-state index in [1.54, 1.807) is 12.1 Å². The average Bonchev–Trinajstić information content (AvgIpc) is 2.92. The molecule has 0 aliphatic carbocycles. The third-order valence-electron chi connectivity index (χ3n) is 5.45. The van der Waals surface area contributed by atoms with Crippen molar-refractivity contribution in [2.24, 2.45) is 0 Å². The number of rotatable bonds is 6. The van der Waals surface area contributed by atoms with E-state index in [2.05, 4.69) is 6.07 Å². The lowest BCUT2D eigenvalue weighted by Crippen LogP contribution is -2.41. The summed E-state index contributed by atoms with van der Waals surface area (Å²) in [7, 11) is -0.630. The van der Waals surface area contributed by atoms with Gasteiger partial charge in [0.25, 0.3) is 0 Å². The topological polar surface area (TPSA) is 71.7 Å². The highest BCUT2D eigenvalue weighted by atomic mass is 16.7. The number of benzene rings is 2. The normalized spacial score (nSPS) is 17.8. The Hall–Kier alpha value is -2.59. The Kier molecular flexibility index (Phi) is 6.14. The first-order chi connectivity index (χ1) is 13.8. The predicted molar refractivity (Wildman–Crippen MR) is 113 cm³/mol. The monoisotopic (exact) mass is 391 g/mol. The van der Waals surface area contributed by atoms with Gasteiger partial charge in [0.05, 0.1) is 23.4 Å². The second-order valence-corrected chi connectivity index (χ2v) is 8.11. The lowest BCUT2D eigenvalue weighted by atomic mass is 9.77. The van der Waals surface area contributed by atoms with Crippen molar-refractivity contribution in [3.8, 4) is 11.8 Å². The molecule has 1 aliphatic rings. The fourth-order valence-corrected chi connectivity index (χ4v) is 2.97. The van der Waals surface area contributed by atoms with Gasteiger partial charge in [0, 0.05) is 0 Å². The molecule has 2 aromatic rings. The fraction of sp³-hybridized carbons (Fsp3) is 0.348. The van der Waals surface area contributed by atoms with Crippen molar-refractivity contribution in [1.29, 1.82) is 5.26 Å². The smallest absolute Gasteiger partial charge is 0.488 e. The van der Waals surface area contributed by atoms with Crippen LogP contribution in [0.25, 0.3) is 6.08 Å². The van der Waals surface area contributed by atoms with E-state index < -0.39 is 18.3 Å². The van der Waals surface area contributed by atoms with Gasteiger partial charge in [-0.3, -0.25) is 0 Å². The molecule has 0 aromatic heterocycles. The molecule has 0 radical (unpaired) electrons. The van der Waals surface area contributed by atoms with Crippen molar-refractivity contribution in [2.45, 2.75) is 45.5 Å². The predicted octanol–water partition coefficient (Wildman–Crippen LogP) is 4.14. The Morgan fingerprint density at radius 1 is 1.10 bits per heavy atom. The first kappa shape index (κ1) is 21.1. The van der Waals surface area contributed by atoms with Gasteiger partial charge in [0.15, 0.2) is 0 Å². The fourth-order valence-electron chi connectivity index (χ4n) is 2.97. The molecule has 0 saturated carbocycles. The third kappa shape index (κ3) is 4.71. The third-order valence-corrected chi connectivity index (χ3v) is 5.45. The Morgan fingerprint density at radius 3 is 2.34 bits per heavy atom. The Morgan fingerprint density at radius 2 is 1.76 bits per heavy atom. The Bertz CT molecular complexity index is 916. The molecule has 150 valence electrons. The highest BCUT2D eigenvalue weighted by Crippen LogP contribution is 2.38. The van der Waals surface area contributed by atoms with Gasteiger partial charge in [-0.1, -0.05) is 42.5 Å². The van der Waals surface area contributed by atoms with Gasteiger partial charge in [-0.2, -0.15) is 5.26 Å². The Balaban J connectivity index is 1.83. The van der Waals surface area contributed by atoms with E-state index in [0.29, 0.717) is 23.4 Å². The van der Waals surface area contributed by atoms with Crippen molar-refractivity contribution < 1.29 is 19.2 Å². The van der Waals surface area contributed by atoms with Crippen LogP contribution >= 0.6 is 0 Å². The van der Waals surface area contributed by atoms with E-state index in [1.165, 1.54) is 0 Å². The zero-order valence-electron chi connectivity index (χ0n) is 17.3. The van der Waals surface area contributed by atoms with E-state index >= 15 is 0 Å². The molecule has 1 saturated heterocycles. The van der Waals surface area contributed by atoms with E-state index in [9.17, 15) is 10.4 Å². The molecular formula is C23H26BNO4. The lowest BCUT2D eigenvalue weighted by molar-refractivity contribution is 0.00578. The van der Waals surface area contributed by atoms with Crippen LogP contribution in [0, 0.1) is 11.3 Å². The average molecular weight is 391 g/mol. The molecule has 6 heteroatoms. The van der Waals surface area contributed by atoms with Gasteiger partial charge >= 0.3 is 7.12 Å². The summed E-state index contributed by atoms with van der Waals surface area (Å²) in [6, 6.07) is 17.3. The number of nitrogens with zero attached hydrogens (tertiary/aromatic N) is 1. The highest BCUT2D eigenvalue weighted by Gasteiger charge is 2.52. The quantitative estimate of drug-likeness (QED) is 0.750. The second kappa shape index (κ2) is 8.42. The van der Waals surface area contributed by atoms with Crippen LogP contribution in [-0.4, -0.2) is 30.0 Å². The summed E-state index contributed by atoms with van der Waals surface area (Å²) in [6.07, 6.45) is 1.82. The van der Waals surface area contributed by atoms with E-state index in [0.717, 1.165) is 11.1 Å². The van der Waals surface area contributed by atoms with Crippen LogP contribution in [-0.2, 0) is 15.9 Å². The van der Waals surface area contributed by atoms with E-state index in [1.807, 2.05) is 70.2 Å². The van der Waals surface area contributed by atoms with Crippen LogP contribution < -0.4 is 4.74 Å². The summed E-state index contributed by atoms with van der Waals surface area (Å²) in [4.78, 5) is 0. The molecule has 5 nitrogen and oxygen atoms in total. The molecule has 1 N–H and O–H groups in total. The molecule has 1 heterocycles. The summed E-state index contributed by atoms with van der Waals surface area (Å²) in [6.45, 7) is 8.06. The number of ether oxygens (including phenoxy) is 1. The van der Waals surface area contributed by atoms with Crippen molar-refractivity contribution >= 4 is 13.2 Å². The maximum Gasteiger partial charge on any atom is 0.492 e. The zero-order chi connectivity index (χ0) is 21.1. The minimum atomic E-state index is -0.630. The van der Waals surface area contributed by atoms with Crippen LogP contribution in [0.2, 0.25) is 0 Å². The molecule has 1 fully saturated rings. The maximum atomic E-state index is 9.90. The van der Waals surface area contributed by atoms with Gasteiger partial charge in [0.1, 0.15) is 18.4 Å². The number of aliphatic hydroxyl groups is 1. The van der Waals surface area contributed by atoms with Gasteiger partial charge in [-0.15, -0.1) is 0 Å². The molecular weight excluding hydrogens is 365 g/mol.